The lowest BCUT2D eigenvalue weighted by atomic mass is 10.2. The molecule has 21 heavy (non-hydrogen) atoms. The summed E-state index contributed by atoms with van der Waals surface area (Å²) in [6.45, 7) is 4.72. The molecule has 0 aliphatic rings. The molecule has 7 nitrogen and oxygen atoms in total. The zero-order chi connectivity index (χ0) is 15.2. The molecular formula is C14H17N3O4. The zero-order valence-electron chi connectivity index (χ0n) is 12.0. The van der Waals surface area contributed by atoms with E-state index in [9.17, 15) is 10.1 Å². The van der Waals surface area contributed by atoms with Crippen LogP contribution in [0.4, 0.5) is 11.4 Å². The van der Waals surface area contributed by atoms with Crippen LogP contribution in [0.15, 0.2) is 28.8 Å². The van der Waals surface area contributed by atoms with Crippen LogP contribution in [0.25, 0.3) is 0 Å². The molecule has 0 fully saturated rings. The molecular weight excluding hydrogens is 274 g/mol. The SMILES string of the molecule is CCCOc1cc(NCc2cc(C)on2)cc([N+](=O)[O-])c1. The minimum Gasteiger partial charge on any atom is -0.493 e. The Hall–Kier alpha value is -2.57. The van der Waals surface area contributed by atoms with Gasteiger partial charge in [0.25, 0.3) is 5.69 Å². The first kappa shape index (κ1) is 14.8. The Bertz CT molecular complexity index is 624. The summed E-state index contributed by atoms with van der Waals surface area (Å²) in [4.78, 5) is 10.5. The van der Waals surface area contributed by atoms with E-state index in [1.54, 1.807) is 19.1 Å². The van der Waals surface area contributed by atoms with Crippen LogP contribution in [0.2, 0.25) is 0 Å². The van der Waals surface area contributed by atoms with Gasteiger partial charge < -0.3 is 14.6 Å². The van der Waals surface area contributed by atoms with Crippen molar-refractivity contribution in [3.63, 3.8) is 0 Å². The van der Waals surface area contributed by atoms with Crippen molar-refractivity contribution in [2.24, 2.45) is 0 Å². The molecule has 1 aromatic carbocycles. The van der Waals surface area contributed by atoms with Crippen molar-refractivity contribution in [1.82, 2.24) is 5.16 Å². The Kier molecular flexibility index (Phi) is 4.76. The van der Waals surface area contributed by atoms with Crippen molar-refractivity contribution in [3.8, 4) is 5.75 Å². The summed E-state index contributed by atoms with van der Waals surface area (Å²) in [5, 5.41) is 17.9. The normalized spacial score (nSPS) is 10.4. The molecule has 0 aliphatic heterocycles. The summed E-state index contributed by atoms with van der Waals surface area (Å²) in [6.07, 6.45) is 0.837. The summed E-state index contributed by atoms with van der Waals surface area (Å²) >= 11 is 0. The van der Waals surface area contributed by atoms with Gasteiger partial charge in [-0.25, -0.2) is 0 Å². The smallest absolute Gasteiger partial charge is 0.275 e. The van der Waals surface area contributed by atoms with E-state index in [2.05, 4.69) is 10.5 Å². The second-order valence-corrected chi connectivity index (χ2v) is 4.60. The zero-order valence-corrected chi connectivity index (χ0v) is 12.0. The number of rotatable bonds is 7. The topological polar surface area (TPSA) is 90.4 Å². The molecule has 0 bridgehead atoms. The van der Waals surface area contributed by atoms with E-state index in [0.29, 0.717) is 24.6 Å². The van der Waals surface area contributed by atoms with Crippen molar-refractivity contribution in [1.29, 1.82) is 0 Å². The van der Waals surface area contributed by atoms with Crippen LogP contribution in [-0.4, -0.2) is 16.7 Å². The molecule has 0 unspecified atom stereocenters. The Morgan fingerprint density at radius 1 is 1.38 bits per heavy atom. The van der Waals surface area contributed by atoms with Crippen LogP contribution in [0.5, 0.6) is 5.75 Å². The molecule has 0 spiro atoms. The predicted molar refractivity (Wildman–Crippen MR) is 77.4 cm³/mol. The number of nitro groups is 1. The number of nitrogens with zero attached hydrogens (tertiary/aromatic N) is 2. The second-order valence-electron chi connectivity index (χ2n) is 4.60. The van der Waals surface area contributed by atoms with E-state index >= 15 is 0 Å². The minimum absolute atomic E-state index is 0.0116. The molecule has 2 aromatic rings. The van der Waals surface area contributed by atoms with Crippen LogP contribution in [0, 0.1) is 17.0 Å². The number of hydrogen-bond donors (Lipinski definition) is 1. The Labute approximate surface area is 122 Å². The fourth-order valence-corrected chi connectivity index (χ4v) is 1.79. The summed E-state index contributed by atoms with van der Waals surface area (Å²) in [5.41, 5.74) is 1.33. The number of benzene rings is 1. The average molecular weight is 291 g/mol. The van der Waals surface area contributed by atoms with Crippen LogP contribution < -0.4 is 10.1 Å². The highest BCUT2D eigenvalue weighted by atomic mass is 16.6. The van der Waals surface area contributed by atoms with Gasteiger partial charge in [0.1, 0.15) is 17.2 Å². The van der Waals surface area contributed by atoms with Crippen LogP contribution in [0.1, 0.15) is 24.8 Å². The lowest BCUT2D eigenvalue weighted by molar-refractivity contribution is -0.384. The number of aryl methyl sites for hydroxylation is 1. The van der Waals surface area contributed by atoms with E-state index in [1.165, 1.54) is 12.1 Å². The number of ether oxygens (including phenoxy) is 1. The van der Waals surface area contributed by atoms with Gasteiger partial charge >= 0.3 is 0 Å². The molecule has 0 saturated carbocycles. The second kappa shape index (κ2) is 6.74. The maximum absolute atomic E-state index is 11.0. The molecule has 0 atom stereocenters. The van der Waals surface area contributed by atoms with Gasteiger partial charge in [0, 0.05) is 23.9 Å². The van der Waals surface area contributed by atoms with E-state index in [4.69, 9.17) is 9.26 Å². The van der Waals surface area contributed by atoms with Crippen molar-refractivity contribution in [2.45, 2.75) is 26.8 Å². The fourth-order valence-electron chi connectivity index (χ4n) is 1.79. The van der Waals surface area contributed by atoms with Crippen molar-refractivity contribution < 1.29 is 14.2 Å². The highest BCUT2D eigenvalue weighted by Crippen LogP contribution is 2.26. The summed E-state index contributed by atoms with van der Waals surface area (Å²) in [5.74, 6) is 1.20. The van der Waals surface area contributed by atoms with Crippen molar-refractivity contribution >= 4 is 11.4 Å². The van der Waals surface area contributed by atoms with Gasteiger partial charge in [0.15, 0.2) is 0 Å². The van der Waals surface area contributed by atoms with E-state index < -0.39 is 4.92 Å². The number of non-ortho nitro benzene ring substituents is 1. The van der Waals surface area contributed by atoms with Crippen molar-refractivity contribution in [2.75, 3.05) is 11.9 Å². The standard InChI is InChI=1S/C14H17N3O4/c1-3-4-20-14-7-11(6-13(8-14)17(18)19)15-9-12-5-10(2)21-16-12/h5-8,15H,3-4,9H2,1-2H3. The van der Waals surface area contributed by atoms with Gasteiger partial charge in [-0.1, -0.05) is 12.1 Å². The first-order valence-corrected chi connectivity index (χ1v) is 6.67. The lowest BCUT2D eigenvalue weighted by Gasteiger charge is -2.08. The molecule has 0 amide bonds. The first-order valence-electron chi connectivity index (χ1n) is 6.67. The average Bonchev–Trinajstić information content (AvgIpc) is 2.88. The highest BCUT2D eigenvalue weighted by molar-refractivity contribution is 5.56. The molecule has 1 N–H and O–H groups in total. The number of nitrogens with one attached hydrogen (secondary N) is 1. The van der Waals surface area contributed by atoms with Crippen LogP contribution >= 0.6 is 0 Å². The third-order valence-electron chi connectivity index (χ3n) is 2.73. The third kappa shape index (κ3) is 4.20. The minimum atomic E-state index is -0.440. The van der Waals surface area contributed by atoms with E-state index in [-0.39, 0.29) is 5.69 Å². The molecule has 2 rings (SSSR count). The van der Waals surface area contributed by atoms with Gasteiger partial charge in [0.2, 0.25) is 0 Å². The van der Waals surface area contributed by atoms with Gasteiger partial charge in [-0.15, -0.1) is 0 Å². The quantitative estimate of drug-likeness (QED) is 0.621. The number of hydrogen-bond acceptors (Lipinski definition) is 6. The van der Waals surface area contributed by atoms with Gasteiger partial charge in [-0.05, 0) is 13.3 Å². The van der Waals surface area contributed by atoms with Crippen LogP contribution in [0.3, 0.4) is 0 Å². The Morgan fingerprint density at radius 3 is 2.81 bits per heavy atom. The molecule has 0 radical (unpaired) electrons. The number of anilines is 1. The molecule has 7 heteroatoms. The van der Waals surface area contributed by atoms with E-state index in [0.717, 1.165) is 17.9 Å². The summed E-state index contributed by atoms with van der Waals surface area (Å²) in [7, 11) is 0. The summed E-state index contributed by atoms with van der Waals surface area (Å²) in [6, 6.07) is 6.42. The first-order chi connectivity index (χ1) is 10.1. The highest BCUT2D eigenvalue weighted by Gasteiger charge is 2.11. The Morgan fingerprint density at radius 2 is 2.19 bits per heavy atom. The molecule has 1 aromatic heterocycles. The van der Waals surface area contributed by atoms with Gasteiger partial charge in [-0.3, -0.25) is 10.1 Å². The number of nitro benzene ring substituents is 1. The molecule has 112 valence electrons. The Balaban J connectivity index is 2.12. The van der Waals surface area contributed by atoms with E-state index in [1.807, 2.05) is 6.92 Å². The molecule has 0 saturated heterocycles. The maximum Gasteiger partial charge on any atom is 0.275 e. The number of aromatic nitrogens is 1. The maximum atomic E-state index is 11.0. The monoisotopic (exact) mass is 291 g/mol. The third-order valence-corrected chi connectivity index (χ3v) is 2.73. The molecule has 0 aliphatic carbocycles. The summed E-state index contributed by atoms with van der Waals surface area (Å²) < 4.78 is 10.4. The fraction of sp³-hybridized carbons (Fsp3) is 0.357. The lowest BCUT2D eigenvalue weighted by Crippen LogP contribution is -2.02. The predicted octanol–water partition coefficient (Wildman–Crippen LogP) is 3.29. The molecule has 1 heterocycles. The van der Waals surface area contributed by atoms with Crippen LogP contribution in [-0.2, 0) is 6.54 Å². The van der Waals surface area contributed by atoms with Gasteiger partial charge in [0.05, 0.1) is 24.1 Å². The van der Waals surface area contributed by atoms with Crippen molar-refractivity contribution in [3.05, 3.63) is 45.8 Å². The van der Waals surface area contributed by atoms with Gasteiger partial charge in [-0.2, -0.15) is 0 Å². The largest absolute Gasteiger partial charge is 0.493 e.